The Bertz CT molecular complexity index is 850. The predicted octanol–water partition coefficient (Wildman–Crippen LogP) is 2.74. The first-order chi connectivity index (χ1) is 13.4. The standard InChI is InChI=1S/C21H24N2O5/c24-17(22-21(20(27)28)10-4-5-11-21)13-8-9-15-16(12-13)19(26)23(18(15)25)14-6-2-1-3-7-14/h8-9,12,14H,1-7,10-11H2,(H,22,24)(H,27,28). The van der Waals surface area contributed by atoms with Gasteiger partial charge in [-0.3, -0.25) is 19.3 Å². The molecule has 3 amide bonds. The van der Waals surface area contributed by atoms with E-state index in [4.69, 9.17) is 0 Å². The number of carboxylic acid groups (broad SMARTS) is 1. The van der Waals surface area contributed by atoms with Gasteiger partial charge in [0.05, 0.1) is 11.1 Å². The third-order valence-electron chi connectivity index (χ3n) is 6.34. The second kappa shape index (κ2) is 7.04. The summed E-state index contributed by atoms with van der Waals surface area (Å²) in [5, 5.41) is 12.2. The molecule has 7 heteroatoms. The van der Waals surface area contributed by atoms with Gasteiger partial charge in [-0.1, -0.05) is 32.1 Å². The number of fused-ring (bicyclic) bond motifs is 1. The van der Waals surface area contributed by atoms with Crippen molar-refractivity contribution >= 4 is 23.7 Å². The van der Waals surface area contributed by atoms with E-state index in [9.17, 15) is 24.3 Å². The Hall–Kier alpha value is -2.70. The summed E-state index contributed by atoms with van der Waals surface area (Å²) in [6.45, 7) is 0. The molecule has 2 aliphatic carbocycles. The van der Waals surface area contributed by atoms with Gasteiger partial charge in [0, 0.05) is 11.6 Å². The lowest BCUT2D eigenvalue weighted by Gasteiger charge is -2.29. The highest BCUT2D eigenvalue weighted by atomic mass is 16.4. The Morgan fingerprint density at radius 1 is 0.964 bits per heavy atom. The second-order valence-corrected chi connectivity index (χ2v) is 8.08. The molecule has 0 aromatic heterocycles. The van der Waals surface area contributed by atoms with Crippen molar-refractivity contribution in [1.29, 1.82) is 0 Å². The average molecular weight is 384 g/mol. The topological polar surface area (TPSA) is 104 Å². The van der Waals surface area contributed by atoms with Crippen LogP contribution >= 0.6 is 0 Å². The molecule has 3 aliphatic rings. The van der Waals surface area contributed by atoms with Gasteiger partial charge in [0.1, 0.15) is 5.54 Å². The third-order valence-corrected chi connectivity index (χ3v) is 6.34. The summed E-state index contributed by atoms with van der Waals surface area (Å²) in [6, 6.07) is 4.36. The van der Waals surface area contributed by atoms with Gasteiger partial charge in [-0.2, -0.15) is 0 Å². The minimum absolute atomic E-state index is 0.0767. The van der Waals surface area contributed by atoms with Crippen molar-refractivity contribution in [3.05, 3.63) is 34.9 Å². The van der Waals surface area contributed by atoms with Crippen LogP contribution in [0.15, 0.2) is 18.2 Å². The fourth-order valence-electron chi connectivity index (χ4n) is 4.73. The number of aliphatic carboxylic acids is 1. The first-order valence-electron chi connectivity index (χ1n) is 10.0. The van der Waals surface area contributed by atoms with E-state index in [1.165, 1.54) is 23.1 Å². The third kappa shape index (κ3) is 2.99. The van der Waals surface area contributed by atoms with Crippen LogP contribution in [-0.2, 0) is 4.79 Å². The number of carboxylic acids is 1. The summed E-state index contributed by atoms with van der Waals surface area (Å²) in [7, 11) is 0. The quantitative estimate of drug-likeness (QED) is 0.777. The van der Waals surface area contributed by atoms with Gasteiger partial charge in [-0.05, 0) is 43.9 Å². The van der Waals surface area contributed by atoms with Crippen LogP contribution < -0.4 is 5.32 Å². The molecule has 148 valence electrons. The number of imide groups is 1. The molecule has 1 heterocycles. The molecule has 28 heavy (non-hydrogen) atoms. The fourth-order valence-corrected chi connectivity index (χ4v) is 4.73. The van der Waals surface area contributed by atoms with E-state index in [1.807, 2.05) is 0 Å². The van der Waals surface area contributed by atoms with Gasteiger partial charge in [0.2, 0.25) is 0 Å². The molecule has 0 bridgehead atoms. The van der Waals surface area contributed by atoms with Crippen molar-refractivity contribution in [3.8, 4) is 0 Å². The van der Waals surface area contributed by atoms with Crippen LogP contribution in [0.1, 0.15) is 88.9 Å². The maximum Gasteiger partial charge on any atom is 0.329 e. The van der Waals surface area contributed by atoms with Crippen molar-refractivity contribution in [1.82, 2.24) is 10.2 Å². The molecule has 0 saturated heterocycles. The second-order valence-electron chi connectivity index (χ2n) is 8.08. The van der Waals surface area contributed by atoms with Crippen LogP contribution in [0.4, 0.5) is 0 Å². The van der Waals surface area contributed by atoms with Gasteiger partial charge in [0.25, 0.3) is 17.7 Å². The Kier molecular flexibility index (Phi) is 4.69. The SMILES string of the molecule is O=C(NC1(C(=O)O)CCCC1)c1ccc2c(c1)C(=O)N(C1CCCCC1)C2=O. The van der Waals surface area contributed by atoms with Gasteiger partial charge < -0.3 is 10.4 Å². The highest BCUT2D eigenvalue weighted by Gasteiger charge is 2.44. The van der Waals surface area contributed by atoms with Gasteiger partial charge in [-0.25, -0.2) is 4.79 Å². The van der Waals surface area contributed by atoms with Crippen LogP contribution in [0.25, 0.3) is 0 Å². The molecule has 1 aliphatic heterocycles. The number of rotatable bonds is 4. The number of hydrogen-bond acceptors (Lipinski definition) is 4. The Morgan fingerprint density at radius 2 is 1.61 bits per heavy atom. The lowest BCUT2D eigenvalue weighted by atomic mass is 9.94. The summed E-state index contributed by atoms with van der Waals surface area (Å²) in [5.41, 5.74) is -0.484. The number of amides is 3. The minimum atomic E-state index is -1.25. The Morgan fingerprint density at radius 3 is 2.25 bits per heavy atom. The number of hydrogen-bond donors (Lipinski definition) is 2. The number of nitrogens with one attached hydrogen (secondary N) is 1. The zero-order valence-corrected chi connectivity index (χ0v) is 15.7. The molecule has 2 fully saturated rings. The van der Waals surface area contributed by atoms with E-state index in [-0.39, 0.29) is 29.0 Å². The van der Waals surface area contributed by atoms with Crippen molar-refractivity contribution in [3.63, 3.8) is 0 Å². The van der Waals surface area contributed by atoms with E-state index in [0.29, 0.717) is 18.4 Å². The van der Waals surface area contributed by atoms with E-state index < -0.39 is 17.4 Å². The smallest absolute Gasteiger partial charge is 0.329 e. The van der Waals surface area contributed by atoms with Crippen LogP contribution in [0.2, 0.25) is 0 Å². The Labute approximate surface area is 163 Å². The molecule has 0 spiro atoms. The number of carbonyl (C=O) groups excluding carboxylic acids is 3. The number of carbonyl (C=O) groups is 4. The molecular formula is C21H24N2O5. The van der Waals surface area contributed by atoms with Crippen LogP contribution in [0.3, 0.4) is 0 Å². The summed E-state index contributed by atoms with van der Waals surface area (Å²) < 4.78 is 0. The lowest BCUT2D eigenvalue weighted by Crippen LogP contribution is -2.52. The van der Waals surface area contributed by atoms with E-state index in [1.54, 1.807) is 0 Å². The maximum absolute atomic E-state index is 12.9. The molecule has 0 atom stereocenters. The van der Waals surface area contributed by atoms with E-state index >= 15 is 0 Å². The monoisotopic (exact) mass is 384 g/mol. The molecule has 2 saturated carbocycles. The van der Waals surface area contributed by atoms with Gasteiger partial charge in [0.15, 0.2) is 0 Å². The van der Waals surface area contributed by atoms with Crippen LogP contribution in [-0.4, -0.2) is 45.3 Å². The predicted molar refractivity (Wildman–Crippen MR) is 100 cm³/mol. The van der Waals surface area contributed by atoms with Crippen LogP contribution in [0.5, 0.6) is 0 Å². The molecule has 4 rings (SSSR count). The maximum atomic E-state index is 12.9. The first-order valence-corrected chi connectivity index (χ1v) is 10.0. The molecule has 1 aromatic carbocycles. The molecule has 2 N–H and O–H groups in total. The van der Waals surface area contributed by atoms with Crippen molar-refractivity contribution in [2.24, 2.45) is 0 Å². The highest BCUT2D eigenvalue weighted by molar-refractivity contribution is 6.22. The first kappa shape index (κ1) is 18.7. The van der Waals surface area contributed by atoms with Crippen LogP contribution in [0, 0.1) is 0 Å². The summed E-state index contributed by atoms with van der Waals surface area (Å²) in [6.07, 6.45) is 7.05. The fraction of sp³-hybridized carbons (Fsp3) is 0.524. The molecule has 7 nitrogen and oxygen atoms in total. The zero-order chi connectivity index (χ0) is 19.9. The van der Waals surface area contributed by atoms with Crippen molar-refractivity contribution in [2.75, 3.05) is 0 Å². The zero-order valence-electron chi connectivity index (χ0n) is 15.7. The normalized spacial score (nSPS) is 21.6. The summed E-state index contributed by atoms with van der Waals surface area (Å²) >= 11 is 0. The lowest BCUT2D eigenvalue weighted by molar-refractivity contribution is -0.144. The molecular weight excluding hydrogens is 360 g/mol. The molecule has 1 aromatic rings. The molecule has 0 radical (unpaired) electrons. The summed E-state index contributed by atoms with van der Waals surface area (Å²) in [4.78, 5) is 51.3. The van der Waals surface area contributed by atoms with E-state index in [2.05, 4.69) is 5.32 Å². The number of nitrogens with zero attached hydrogens (tertiary/aromatic N) is 1. The van der Waals surface area contributed by atoms with Crippen molar-refractivity contribution < 1.29 is 24.3 Å². The summed E-state index contributed by atoms with van der Waals surface area (Å²) in [5.74, 6) is -2.20. The van der Waals surface area contributed by atoms with Gasteiger partial charge in [-0.15, -0.1) is 0 Å². The highest BCUT2D eigenvalue weighted by Crippen LogP contribution is 2.33. The van der Waals surface area contributed by atoms with Crippen molar-refractivity contribution in [2.45, 2.75) is 69.4 Å². The number of benzene rings is 1. The average Bonchev–Trinajstić information content (AvgIpc) is 3.26. The minimum Gasteiger partial charge on any atom is -0.480 e. The van der Waals surface area contributed by atoms with E-state index in [0.717, 1.165) is 44.9 Å². The van der Waals surface area contributed by atoms with Gasteiger partial charge >= 0.3 is 5.97 Å². The largest absolute Gasteiger partial charge is 0.480 e. The Balaban J connectivity index is 1.58. The molecule has 0 unspecified atom stereocenters.